The first kappa shape index (κ1) is 18.3. The number of hydrogen-bond acceptors (Lipinski definition) is 7. The molecule has 0 saturated carbocycles. The average Bonchev–Trinajstić information content (AvgIpc) is 3.34. The Kier molecular flexibility index (Phi) is 5.48. The predicted molar refractivity (Wildman–Crippen MR) is 102 cm³/mol. The normalized spacial score (nSPS) is 10.7. The number of anilines is 1. The van der Waals surface area contributed by atoms with Gasteiger partial charge in [0.1, 0.15) is 11.4 Å². The van der Waals surface area contributed by atoms with Crippen LogP contribution in [0.3, 0.4) is 0 Å². The summed E-state index contributed by atoms with van der Waals surface area (Å²) in [6.07, 6.45) is 1.57. The van der Waals surface area contributed by atoms with E-state index in [1.807, 2.05) is 24.4 Å². The van der Waals surface area contributed by atoms with Crippen LogP contribution in [0.5, 0.6) is 0 Å². The lowest BCUT2D eigenvalue weighted by Gasteiger charge is -2.01. The van der Waals surface area contributed by atoms with Crippen molar-refractivity contribution in [2.24, 2.45) is 7.05 Å². The fourth-order valence-electron chi connectivity index (χ4n) is 2.44. The third-order valence-corrected chi connectivity index (χ3v) is 5.58. The number of thiazole rings is 1. The quantitative estimate of drug-likeness (QED) is 0.650. The number of carbonyl (C=O) groups excluding carboxylic acids is 2. The van der Waals surface area contributed by atoms with Crippen LogP contribution in [-0.4, -0.2) is 33.8 Å². The molecule has 0 aromatic carbocycles. The van der Waals surface area contributed by atoms with Crippen molar-refractivity contribution in [1.82, 2.24) is 14.8 Å². The summed E-state index contributed by atoms with van der Waals surface area (Å²) >= 11 is 2.85. The van der Waals surface area contributed by atoms with E-state index in [2.05, 4.69) is 15.4 Å². The van der Waals surface area contributed by atoms with E-state index in [0.717, 1.165) is 21.9 Å². The number of carbonyl (C=O) groups is 2. The van der Waals surface area contributed by atoms with Crippen molar-refractivity contribution < 1.29 is 14.3 Å². The second kappa shape index (κ2) is 7.79. The molecular formula is C17H18N4O3S2. The number of aromatic nitrogens is 3. The highest BCUT2D eigenvalue weighted by molar-refractivity contribution is 7.16. The monoisotopic (exact) mass is 390 g/mol. The minimum atomic E-state index is -0.495. The highest BCUT2D eigenvalue weighted by atomic mass is 32.1. The van der Waals surface area contributed by atoms with Gasteiger partial charge in [-0.05, 0) is 23.9 Å². The summed E-state index contributed by atoms with van der Waals surface area (Å²) < 4.78 is 6.30. The lowest BCUT2D eigenvalue weighted by atomic mass is 10.2. The molecule has 0 fully saturated rings. The summed E-state index contributed by atoms with van der Waals surface area (Å²) in [5.41, 5.74) is 1.42. The zero-order valence-electron chi connectivity index (χ0n) is 14.6. The van der Waals surface area contributed by atoms with E-state index in [1.54, 1.807) is 24.5 Å². The van der Waals surface area contributed by atoms with E-state index in [1.165, 1.54) is 23.1 Å². The number of amides is 1. The largest absolute Gasteiger partial charge is 0.464 e. The Balaban J connectivity index is 1.83. The first-order valence-corrected chi connectivity index (χ1v) is 9.70. The maximum Gasteiger partial charge on any atom is 0.357 e. The Morgan fingerprint density at radius 1 is 1.38 bits per heavy atom. The third-order valence-electron chi connectivity index (χ3n) is 3.66. The fourth-order valence-corrected chi connectivity index (χ4v) is 4.17. The number of nitrogens with zero attached hydrogens (tertiary/aromatic N) is 3. The third kappa shape index (κ3) is 3.68. The molecule has 136 valence electrons. The predicted octanol–water partition coefficient (Wildman–Crippen LogP) is 3.60. The number of ether oxygens (including phenoxy) is 1. The SMILES string of the molecule is CCCc1sc(NC(=O)c2cc(-c3cccs3)nn2C)nc1C(=O)OC. The molecule has 3 aromatic heterocycles. The van der Waals surface area contributed by atoms with Gasteiger partial charge in [-0.25, -0.2) is 9.78 Å². The molecule has 0 saturated heterocycles. The Morgan fingerprint density at radius 2 is 2.19 bits per heavy atom. The minimum absolute atomic E-state index is 0.263. The highest BCUT2D eigenvalue weighted by Crippen LogP contribution is 2.27. The topological polar surface area (TPSA) is 86.1 Å². The molecular weight excluding hydrogens is 372 g/mol. The van der Waals surface area contributed by atoms with Gasteiger partial charge >= 0.3 is 5.97 Å². The molecule has 0 spiro atoms. The van der Waals surface area contributed by atoms with Crippen LogP contribution >= 0.6 is 22.7 Å². The maximum absolute atomic E-state index is 12.6. The summed E-state index contributed by atoms with van der Waals surface area (Å²) in [5, 5.41) is 9.48. The molecule has 0 atom stereocenters. The van der Waals surface area contributed by atoms with Gasteiger partial charge in [-0.3, -0.25) is 14.8 Å². The molecule has 3 heterocycles. The zero-order chi connectivity index (χ0) is 18.7. The van der Waals surface area contributed by atoms with Crippen molar-refractivity contribution in [1.29, 1.82) is 0 Å². The summed E-state index contributed by atoms with van der Waals surface area (Å²) in [6, 6.07) is 5.63. The fraction of sp³-hybridized carbons (Fsp3) is 0.294. The van der Waals surface area contributed by atoms with E-state index in [-0.39, 0.29) is 11.6 Å². The number of aryl methyl sites for hydroxylation is 2. The minimum Gasteiger partial charge on any atom is -0.464 e. The van der Waals surface area contributed by atoms with Gasteiger partial charge in [0.15, 0.2) is 10.8 Å². The molecule has 3 aromatic rings. The Labute approximate surface area is 158 Å². The molecule has 0 aliphatic rings. The molecule has 1 amide bonds. The van der Waals surface area contributed by atoms with Crippen LogP contribution in [0.25, 0.3) is 10.6 Å². The van der Waals surface area contributed by atoms with E-state index >= 15 is 0 Å². The maximum atomic E-state index is 12.6. The van der Waals surface area contributed by atoms with Gasteiger partial charge in [0.05, 0.1) is 12.0 Å². The Bertz CT molecular complexity index is 928. The van der Waals surface area contributed by atoms with E-state index in [9.17, 15) is 9.59 Å². The van der Waals surface area contributed by atoms with Crippen LogP contribution in [0.4, 0.5) is 5.13 Å². The molecule has 0 bridgehead atoms. The molecule has 0 unspecified atom stereocenters. The number of nitrogens with one attached hydrogen (secondary N) is 1. The van der Waals surface area contributed by atoms with Gasteiger partial charge in [-0.15, -0.1) is 22.7 Å². The summed E-state index contributed by atoms with van der Waals surface area (Å²) in [5.74, 6) is -0.818. The molecule has 1 N–H and O–H groups in total. The van der Waals surface area contributed by atoms with Gasteiger partial charge < -0.3 is 4.74 Å². The van der Waals surface area contributed by atoms with Crippen LogP contribution in [0.15, 0.2) is 23.6 Å². The summed E-state index contributed by atoms with van der Waals surface area (Å²) in [4.78, 5) is 30.5. The van der Waals surface area contributed by atoms with Crippen LogP contribution in [-0.2, 0) is 18.2 Å². The second-order valence-corrected chi connectivity index (χ2v) is 7.53. The molecule has 0 aliphatic heterocycles. The second-order valence-electron chi connectivity index (χ2n) is 5.50. The van der Waals surface area contributed by atoms with Gasteiger partial charge in [0, 0.05) is 11.9 Å². The molecule has 9 heteroatoms. The van der Waals surface area contributed by atoms with E-state index in [0.29, 0.717) is 17.2 Å². The molecule has 7 nitrogen and oxygen atoms in total. The van der Waals surface area contributed by atoms with Gasteiger partial charge in [-0.1, -0.05) is 19.4 Å². The van der Waals surface area contributed by atoms with Crippen LogP contribution in [0.1, 0.15) is 39.2 Å². The molecule has 26 heavy (non-hydrogen) atoms. The van der Waals surface area contributed by atoms with Crippen molar-refractivity contribution in [2.75, 3.05) is 12.4 Å². The number of esters is 1. The molecule has 3 rings (SSSR count). The van der Waals surface area contributed by atoms with Crippen molar-refractivity contribution in [3.05, 3.63) is 39.8 Å². The van der Waals surface area contributed by atoms with Crippen molar-refractivity contribution in [2.45, 2.75) is 19.8 Å². The van der Waals surface area contributed by atoms with Crippen LogP contribution in [0, 0.1) is 0 Å². The first-order chi connectivity index (χ1) is 12.5. The number of thiophene rings is 1. The number of hydrogen-bond donors (Lipinski definition) is 1. The van der Waals surface area contributed by atoms with Crippen molar-refractivity contribution in [3.8, 4) is 10.6 Å². The zero-order valence-corrected chi connectivity index (χ0v) is 16.2. The van der Waals surface area contributed by atoms with Crippen molar-refractivity contribution >= 4 is 39.7 Å². The summed E-state index contributed by atoms with van der Waals surface area (Å²) in [7, 11) is 3.04. The van der Waals surface area contributed by atoms with Crippen LogP contribution in [0.2, 0.25) is 0 Å². The summed E-state index contributed by atoms with van der Waals surface area (Å²) in [6.45, 7) is 2.01. The average molecular weight is 390 g/mol. The van der Waals surface area contributed by atoms with E-state index in [4.69, 9.17) is 4.74 Å². The highest BCUT2D eigenvalue weighted by Gasteiger charge is 2.21. The first-order valence-electron chi connectivity index (χ1n) is 8.00. The Morgan fingerprint density at radius 3 is 2.85 bits per heavy atom. The van der Waals surface area contributed by atoms with Gasteiger partial charge in [-0.2, -0.15) is 5.10 Å². The molecule has 0 aliphatic carbocycles. The van der Waals surface area contributed by atoms with Gasteiger partial charge in [0.25, 0.3) is 5.91 Å². The van der Waals surface area contributed by atoms with Gasteiger partial charge in [0.2, 0.25) is 0 Å². The number of rotatable bonds is 6. The smallest absolute Gasteiger partial charge is 0.357 e. The Hall–Kier alpha value is -2.52. The lowest BCUT2D eigenvalue weighted by Crippen LogP contribution is -2.16. The lowest BCUT2D eigenvalue weighted by molar-refractivity contribution is 0.0593. The molecule has 0 radical (unpaired) electrons. The standard InChI is InChI=1S/C17H18N4O3S2/c1-4-6-13-14(16(23)24-3)18-17(26-13)19-15(22)11-9-10(20-21(11)2)12-7-5-8-25-12/h5,7-9H,4,6H2,1-3H3,(H,18,19,22). The van der Waals surface area contributed by atoms with E-state index < -0.39 is 5.97 Å². The van der Waals surface area contributed by atoms with Crippen LogP contribution < -0.4 is 5.32 Å². The number of methoxy groups -OCH3 is 1. The van der Waals surface area contributed by atoms with Crippen molar-refractivity contribution in [3.63, 3.8) is 0 Å².